The Morgan fingerprint density at radius 2 is 1.67 bits per heavy atom. The van der Waals surface area contributed by atoms with Gasteiger partial charge in [0.15, 0.2) is 6.61 Å². The fraction of sp³-hybridized carbons (Fsp3) is 0.348. The molecule has 2 rings (SSSR count). The molecule has 0 heterocycles. The average Bonchev–Trinajstić information content (AvgIpc) is 2.77. The Morgan fingerprint density at radius 1 is 1.00 bits per heavy atom. The SMILES string of the molecule is CCOc1ccc(C(=O)N[C@H](C(=O)OCC(=O)Nc2ccccc2OC(F)F)C(C)C)cc1. The molecule has 0 aliphatic carbocycles. The summed E-state index contributed by atoms with van der Waals surface area (Å²) in [5, 5.41) is 4.95. The third kappa shape index (κ3) is 8.06. The number of amides is 2. The number of benzene rings is 2. The molecule has 2 aromatic carbocycles. The van der Waals surface area contributed by atoms with Gasteiger partial charge in [-0.1, -0.05) is 26.0 Å². The van der Waals surface area contributed by atoms with Crippen molar-refractivity contribution in [2.24, 2.45) is 5.92 Å². The molecule has 0 fully saturated rings. The van der Waals surface area contributed by atoms with Crippen molar-refractivity contribution in [1.29, 1.82) is 0 Å². The number of anilines is 1. The van der Waals surface area contributed by atoms with Crippen LogP contribution in [-0.2, 0) is 14.3 Å². The van der Waals surface area contributed by atoms with E-state index in [9.17, 15) is 23.2 Å². The maximum atomic E-state index is 12.5. The van der Waals surface area contributed by atoms with Gasteiger partial charge in [-0.05, 0) is 49.2 Å². The smallest absolute Gasteiger partial charge is 0.387 e. The van der Waals surface area contributed by atoms with Gasteiger partial charge in [-0.25, -0.2) is 4.79 Å². The van der Waals surface area contributed by atoms with Crippen LogP contribution in [0.3, 0.4) is 0 Å². The number of rotatable bonds is 11. The fourth-order valence-corrected chi connectivity index (χ4v) is 2.77. The molecule has 0 unspecified atom stereocenters. The third-order valence-corrected chi connectivity index (χ3v) is 4.36. The lowest BCUT2D eigenvalue weighted by Gasteiger charge is -2.21. The lowest BCUT2D eigenvalue weighted by atomic mass is 10.0. The van der Waals surface area contributed by atoms with Crippen LogP contribution < -0.4 is 20.1 Å². The summed E-state index contributed by atoms with van der Waals surface area (Å²) in [7, 11) is 0. The van der Waals surface area contributed by atoms with Gasteiger partial charge in [0.1, 0.15) is 17.5 Å². The first kappa shape index (κ1) is 25.6. The topological polar surface area (TPSA) is 103 Å². The Kier molecular flexibility index (Phi) is 9.59. The molecule has 0 saturated heterocycles. The van der Waals surface area contributed by atoms with Crippen LogP contribution in [0, 0.1) is 5.92 Å². The molecule has 2 aromatic rings. The Balaban J connectivity index is 1.94. The van der Waals surface area contributed by atoms with Gasteiger partial charge in [-0.15, -0.1) is 0 Å². The van der Waals surface area contributed by atoms with Crippen LogP contribution in [0.2, 0.25) is 0 Å². The lowest BCUT2D eigenvalue weighted by molar-refractivity contribution is -0.150. The molecular weight excluding hydrogens is 438 g/mol. The Morgan fingerprint density at radius 3 is 2.27 bits per heavy atom. The van der Waals surface area contributed by atoms with Gasteiger partial charge >= 0.3 is 12.6 Å². The summed E-state index contributed by atoms with van der Waals surface area (Å²) in [5.74, 6) is -2.00. The van der Waals surface area contributed by atoms with E-state index in [4.69, 9.17) is 9.47 Å². The van der Waals surface area contributed by atoms with E-state index < -0.39 is 37.0 Å². The average molecular weight is 464 g/mol. The molecule has 0 aromatic heterocycles. The number of hydrogen-bond acceptors (Lipinski definition) is 6. The summed E-state index contributed by atoms with van der Waals surface area (Å²) in [5.41, 5.74) is 0.327. The highest BCUT2D eigenvalue weighted by atomic mass is 19.3. The Hall–Kier alpha value is -3.69. The van der Waals surface area contributed by atoms with Crippen molar-refractivity contribution in [3.05, 3.63) is 54.1 Å². The zero-order valence-electron chi connectivity index (χ0n) is 18.5. The standard InChI is InChI=1S/C23H26F2N2O6/c1-4-31-16-11-9-15(10-12-16)21(29)27-20(14(2)3)22(30)32-13-19(28)26-17-7-5-6-8-18(17)33-23(24)25/h5-12,14,20,23H,4,13H2,1-3H3,(H,26,28)(H,27,29)/t20-/m0/s1. The molecule has 178 valence electrons. The summed E-state index contributed by atoms with van der Waals surface area (Å²) < 4.78 is 39.7. The van der Waals surface area contributed by atoms with Crippen molar-refractivity contribution >= 4 is 23.5 Å². The van der Waals surface area contributed by atoms with Crippen LogP contribution in [0.15, 0.2) is 48.5 Å². The molecule has 0 saturated carbocycles. The summed E-state index contributed by atoms with van der Waals surface area (Å²) >= 11 is 0. The monoisotopic (exact) mass is 464 g/mol. The highest BCUT2D eigenvalue weighted by Crippen LogP contribution is 2.25. The number of halogens is 2. The van der Waals surface area contributed by atoms with Gasteiger partial charge < -0.3 is 24.8 Å². The van der Waals surface area contributed by atoms with Crippen LogP contribution in [-0.4, -0.2) is 43.7 Å². The first-order valence-corrected chi connectivity index (χ1v) is 10.2. The number of carbonyl (C=O) groups is 3. The predicted molar refractivity (Wildman–Crippen MR) is 116 cm³/mol. The van der Waals surface area contributed by atoms with Crippen LogP contribution in [0.5, 0.6) is 11.5 Å². The Labute approximate surface area is 190 Å². The second-order valence-corrected chi connectivity index (χ2v) is 7.18. The highest BCUT2D eigenvalue weighted by Gasteiger charge is 2.27. The van der Waals surface area contributed by atoms with Crippen molar-refractivity contribution < 1.29 is 37.4 Å². The Bertz CT molecular complexity index is 950. The summed E-state index contributed by atoms with van der Waals surface area (Å²) in [6.07, 6.45) is 0. The van der Waals surface area contributed by atoms with E-state index in [0.29, 0.717) is 17.9 Å². The van der Waals surface area contributed by atoms with Crippen LogP contribution in [0.4, 0.5) is 14.5 Å². The molecule has 0 aliphatic rings. The molecule has 0 radical (unpaired) electrons. The quantitative estimate of drug-likeness (QED) is 0.493. The zero-order valence-corrected chi connectivity index (χ0v) is 18.5. The van der Waals surface area contributed by atoms with Gasteiger partial charge in [0.05, 0.1) is 12.3 Å². The van der Waals surface area contributed by atoms with Crippen molar-refractivity contribution in [3.63, 3.8) is 0 Å². The van der Waals surface area contributed by atoms with Gasteiger partial charge in [-0.3, -0.25) is 9.59 Å². The van der Waals surface area contributed by atoms with E-state index in [2.05, 4.69) is 15.4 Å². The molecule has 1 atom stereocenters. The number of nitrogens with one attached hydrogen (secondary N) is 2. The van der Waals surface area contributed by atoms with Crippen LogP contribution in [0.25, 0.3) is 0 Å². The van der Waals surface area contributed by atoms with Crippen molar-refractivity contribution in [2.45, 2.75) is 33.4 Å². The van der Waals surface area contributed by atoms with E-state index in [1.54, 1.807) is 38.1 Å². The molecular formula is C23H26F2N2O6. The number of para-hydroxylation sites is 2. The minimum absolute atomic E-state index is 0.00283. The lowest BCUT2D eigenvalue weighted by Crippen LogP contribution is -2.45. The van der Waals surface area contributed by atoms with E-state index >= 15 is 0 Å². The maximum absolute atomic E-state index is 12.5. The summed E-state index contributed by atoms with van der Waals surface area (Å²) in [6.45, 7) is 2.02. The van der Waals surface area contributed by atoms with Crippen molar-refractivity contribution in [1.82, 2.24) is 5.32 Å². The van der Waals surface area contributed by atoms with E-state index in [-0.39, 0.29) is 17.4 Å². The number of hydrogen-bond donors (Lipinski definition) is 2. The van der Waals surface area contributed by atoms with Crippen LogP contribution in [0.1, 0.15) is 31.1 Å². The van der Waals surface area contributed by atoms with E-state index in [1.165, 1.54) is 24.3 Å². The predicted octanol–water partition coefficient (Wildman–Crippen LogP) is 3.62. The van der Waals surface area contributed by atoms with Gasteiger partial charge in [0.25, 0.3) is 11.8 Å². The molecule has 0 bridgehead atoms. The third-order valence-electron chi connectivity index (χ3n) is 4.36. The highest BCUT2D eigenvalue weighted by molar-refractivity contribution is 5.98. The van der Waals surface area contributed by atoms with Gasteiger partial charge in [0, 0.05) is 5.56 Å². The molecule has 8 nitrogen and oxygen atoms in total. The molecule has 10 heteroatoms. The summed E-state index contributed by atoms with van der Waals surface area (Å²) in [6, 6.07) is 11.0. The van der Waals surface area contributed by atoms with E-state index in [1.807, 2.05) is 6.92 Å². The van der Waals surface area contributed by atoms with Gasteiger partial charge in [0.2, 0.25) is 0 Å². The second kappa shape index (κ2) is 12.4. The summed E-state index contributed by atoms with van der Waals surface area (Å²) in [4.78, 5) is 37.2. The molecule has 0 aliphatic heterocycles. The fourth-order valence-electron chi connectivity index (χ4n) is 2.77. The number of esters is 1. The molecule has 2 amide bonds. The molecule has 2 N–H and O–H groups in total. The largest absolute Gasteiger partial charge is 0.494 e. The minimum atomic E-state index is -3.06. The maximum Gasteiger partial charge on any atom is 0.387 e. The van der Waals surface area contributed by atoms with Crippen LogP contribution >= 0.6 is 0 Å². The first-order chi connectivity index (χ1) is 15.7. The van der Waals surface area contributed by atoms with Crippen molar-refractivity contribution in [3.8, 4) is 11.5 Å². The zero-order chi connectivity index (χ0) is 24.4. The van der Waals surface area contributed by atoms with E-state index in [0.717, 1.165) is 0 Å². The van der Waals surface area contributed by atoms with Gasteiger partial charge in [-0.2, -0.15) is 8.78 Å². The first-order valence-electron chi connectivity index (χ1n) is 10.2. The van der Waals surface area contributed by atoms with Crippen molar-refractivity contribution in [2.75, 3.05) is 18.5 Å². The number of carbonyl (C=O) groups excluding carboxylic acids is 3. The number of ether oxygens (including phenoxy) is 3. The minimum Gasteiger partial charge on any atom is -0.494 e. The molecule has 0 spiro atoms. The number of alkyl halides is 2. The second-order valence-electron chi connectivity index (χ2n) is 7.18. The normalized spacial score (nSPS) is 11.6. The molecule has 33 heavy (non-hydrogen) atoms.